The molecule has 0 aromatic rings. The number of amides is 1. The Morgan fingerprint density at radius 3 is 2.24 bits per heavy atom. The van der Waals surface area contributed by atoms with Crippen LogP contribution in [-0.2, 0) is 23.7 Å². The number of nitrogens with two attached hydrogens (primary N) is 6. The lowest BCUT2D eigenvalue weighted by atomic mass is 9.85. The van der Waals surface area contributed by atoms with E-state index in [0.29, 0.717) is 12.8 Å². The predicted molar refractivity (Wildman–Crippen MR) is 131 cm³/mol. The minimum Gasteiger partial charge on any atom is -0.394 e. The van der Waals surface area contributed by atoms with Gasteiger partial charge in [0.1, 0.15) is 24.4 Å². The molecule has 0 aromatic heterocycles. The van der Waals surface area contributed by atoms with Crippen LogP contribution in [0.1, 0.15) is 25.7 Å². The van der Waals surface area contributed by atoms with Gasteiger partial charge in [0.25, 0.3) is 0 Å². The average molecular weight is 554 g/mol. The third-order valence-electron chi connectivity index (χ3n) is 7.38. The van der Waals surface area contributed by atoms with Gasteiger partial charge in [-0.05, 0) is 32.2 Å². The maximum atomic E-state index is 15.9. The van der Waals surface area contributed by atoms with Crippen LogP contribution in [0, 0.1) is 0 Å². The molecule has 0 bridgehead atoms. The molecule has 2 heterocycles. The van der Waals surface area contributed by atoms with Gasteiger partial charge in [-0.25, -0.2) is 4.39 Å². The lowest BCUT2D eigenvalue weighted by Gasteiger charge is -2.48. The quantitative estimate of drug-likeness (QED) is 0.121. The van der Waals surface area contributed by atoms with Gasteiger partial charge in [0.2, 0.25) is 5.91 Å². The van der Waals surface area contributed by atoms with Crippen molar-refractivity contribution >= 4 is 5.91 Å². The Hall–Kier alpha value is -1.12. The van der Waals surface area contributed by atoms with Crippen molar-refractivity contribution in [1.82, 2.24) is 5.32 Å². The zero-order chi connectivity index (χ0) is 28.1. The van der Waals surface area contributed by atoms with Gasteiger partial charge in [0, 0.05) is 18.6 Å². The summed E-state index contributed by atoms with van der Waals surface area (Å²) in [6.45, 7) is -0.334. The molecule has 1 aliphatic carbocycles. The Bertz CT molecular complexity index is 762. The smallest absolute Gasteiger partial charge is 0.249 e. The van der Waals surface area contributed by atoms with E-state index in [9.17, 15) is 20.1 Å². The van der Waals surface area contributed by atoms with Crippen molar-refractivity contribution in [2.75, 3.05) is 19.7 Å². The zero-order valence-corrected chi connectivity index (χ0v) is 21.3. The largest absolute Gasteiger partial charge is 0.394 e. The summed E-state index contributed by atoms with van der Waals surface area (Å²) in [4.78, 5) is 12.5. The van der Waals surface area contributed by atoms with Crippen LogP contribution in [0.5, 0.6) is 0 Å². The SMILES string of the molecule is NCC[C@H](O)C(=O)N[C@@H]1[C@@H](O[C@@H]2[C@H](F)[C@H](O[C@H]3O[C@H](CN)CC[C@H]3N)[C@@H](N)C[C@H]2N)O[C@H](CO)[C@@H](O)[C@@H]1N. The number of halogens is 1. The van der Waals surface area contributed by atoms with E-state index in [1.165, 1.54) is 0 Å². The Balaban J connectivity index is 1.77. The van der Waals surface area contributed by atoms with E-state index in [0.717, 1.165) is 0 Å². The Morgan fingerprint density at radius 1 is 1.03 bits per heavy atom. The van der Waals surface area contributed by atoms with E-state index < -0.39 is 92.0 Å². The van der Waals surface area contributed by atoms with Crippen molar-refractivity contribution in [2.45, 2.75) is 111 Å². The second-order valence-electron chi connectivity index (χ2n) is 10.2. The number of nitrogens with one attached hydrogen (secondary N) is 1. The highest BCUT2D eigenvalue weighted by Crippen LogP contribution is 2.32. The van der Waals surface area contributed by atoms with Crippen LogP contribution in [-0.4, -0.2) is 127 Å². The first-order valence-electron chi connectivity index (χ1n) is 13.0. The summed E-state index contributed by atoms with van der Waals surface area (Å²) in [6.07, 6.45) is -9.85. The summed E-state index contributed by atoms with van der Waals surface area (Å²) < 4.78 is 39.2. The van der Waals surface area contributed by atoms with Crippen LogP contribution in [0.2, 0.25) is 0 Å². The van der Waals surface area contributed by atoms with E-state index in [1.54, 1.807) is 0 Å². The summed E-state index contributed by atoms with van der Waals surface area (Å²) in [5.74, 6) is -0.839. The molecule has 1 amide bonds. The minimum absolute atomic E-state index is 0.0324. The molecule has 0 spiro atoms. The normalized spacial score (nSPS) is 44.9. The minimum atomic E-state index is -1.87. The van der Waals surface area contributed by atoms with Crippen molar-refractivity contribution in [2.24, 2.45) is 34.4 Å². The van der Waals surface area contributed by atoms with Gasteiger partial charge < -0.3 is 74.0 Å². The molecule has 16 heteroatoms. The maximum absolute atomic E-state index is 15.9. The van der Waals surface area contributed by atoms with Crippen molar-refractivity contribution in [3.05, 3.63) is 0 Å². The van der Waals surface area contributed by atoms with Crippen molar-refractivity contribution in [3.63, 3.8) is 0 Å². The molecule has 38 heavy (non-hydrogen) atoms. The predicted octanol–water partition coefficient (Wildman–Crippen LogP) is -5.46. The van der Waals surface area contributed by atoms with Gasteiger partial charge in [-0.3, -0.25) is 4.79 Å². The summed E-state index contributed by atoms with van der Waals surface area (Å²) >= 11 is 0. The van der Waals surface area contributed by atoms with E-state index in [1.807, 2.05) is 0 Å². The first-order valence-corrected chi connectivity index (χ1v) is 13.0. The third kappa shape index (κ3) is 7.14. The number of hydrogen-bond donors (Lipinski definition) is 10. The van der Waals surface area contributed by atoms with E-state index in [4.69, 9.17) is 53.3 Å². The van der Waals surface area contributed by atoms with E-state index in [-0.39, 0.29) is 32.0 Å². The van der Waals surface area contributed by atoms with Crippen molar-refractivity contribution in [3.8, 4) is 0 Å². The number of aliphatic hydroxyl groups is 3. The van der Waals surface area contributed by atoms with Gasteiger partial charge in [0.05, 0.1) is 36.9 Å². The number of carbonyl (C=O) groups excluding carboxylic acids is 1. The number of alkyl halides is 1. The molecule has 16 N–H and O–H groups in total. The molecular formula is C22H44FN7O8. The fraction of sp³-hybridized carbons (Fsp3) is 0.955. The summed E-state index contributed by atoms with van der Waals surface area (Å²) in [5.41, 5.74) is 35.8. The van der Waals surface area contributed by atoms with Crippen LogP contribution in [0.25, 0.3) is 0 Å². The first-order chi connectivity index (χ1) is 18.0. The second kappa shape index (κ2) is 14.0. The first kappa shape index (κ1) is 31.4. The van der Waals surface area contributed by atoms with Crippen LogP contribution in [0.15, 0.2) is 0 Å². The third-order valence-corrected chi connectivity index (χ3v) is 7.38. The van der Waals surface area contributed by atoms with Crippen LogP contribution in [0.3, 0.4) is 0 Å². The average Bonchev–Trinajstić information content (AvgIpc) is 2.89. The number of aliphatic hydroxyl groups excluding tert-OH is 3. The topological polar surface area (TPSA) is 283 Å². The molecule has 0 unspecified atom stereocenters. The molecule has 15 nitrogen and oxygen atoms in total. The lowest BCUT2D eigenvalue weighted by Crippen LogP contribution is -2.70. The number of ether oxygens (including phenoxy) is 4. The summed E-state index contributed by atoms with van der Waals surface area (Å²) in [5, 5.41) is 32.6. The van der Waals surface area contributed by atoms with E-state index in [2.05, 4.69) is 5.32 Å². The van der Waals surface area contributed by atoms with Gasteiger partial charge in [-0.15, -0.1) is 0 Å². The molecule has 0 radical (unpaired) electrons. The van der Waals surface area contributed by atoms with Gasteiger partial charge in [-0.2, -0.15) is 0 Å². The molecule has 0 aromatic carbocycles. The van der Waals surface area contributed by atoms with Gasteiger partial charge >= 0.3 is 0 Å². The maximum Gasteiger partial charge on any atom is 0.249 e. The summed E-state index contributed by atoms with van der Waals surface area (Å²) in [6, 6.07) is -4.66. The fourth-order valence-corrected chi connectivity index (χ4v) is 5.04. The lowest BCUT2D eigenvalue weighted by molar-refractivity contribution is -0.288. The number of rotatable bonds is 10. The summed E-state index contributed by atoms with van der Waals surface area (Å²) in [7, 11) is 0. The fourth-order valence-electron chi connectivity index (χ4n) is 5.04. The molecule has 14 atom stereocenters. The number of carbonyl (C=O) groups is 1. The molecule has 3 fully saturated rings. The molecular weight excluding hydrogens is 509 g/mol. The molecule has 1 saturated carbocycles. The molecule has 222 valence electrons. The molecule has 3 aliphatic rings. The molecule has 2 aliphatic heterocycles. The highest BCUT2D eigenvalue weighted by molar-refractivity contribution is 5.80. The highest BCUT2D eigenvalue weighted by Gasteiger charge is 2.51. The van der Waals surface area contributed by atoms with Crippen LogP contribution >= 0.6 is 0 Å². The molecule has 3 rings (SSSR count). The van der Waals surface area contributed by atoms with Gasteiger partial charge in [0.15, 0.2) is 18.8 Å². The number of hydrogen-bond acceptors (Lipinski definition) is 14. The second-order valence-corrected chi connectivity index (χ2v) is 10.2. The van der Waals surface area contributed by atoms with Gasteiger partial charge in [-0.1, -0.05) is 0 Å². The Labute approximate surface area is 220 Å². The molecule has 2 saturated heterocycles. The van der Waals surface area contributed by atoms with Crippen LogP contribution < -0.4 is 39.7 Å². The standard InChI is InChI=1S/C22H44FN7O8/c23-14-18(37-21-9(26)2-1-8(6-25)35-21)10(27)5-11(28)19(14)38-22-16(30-20(34)12(32)3-4-24)15(29)17(33)13(7-31)36-22/h8-19,21-22,31-33H,1-7,24-29H2,(H,30,34)/t8-,9+,10-,11+,12-,13+,14+,15+,16-,17+,18+,19-,21+,22+/m0/s1. The van der Waals surface area contributed by atoms with Crippen LogP contribution in [0.4, 0.5) is 4.39 Å². The van der Waals surface area contributed by atoms with Crippen molar-refractivity contribution < 1.29 is 43.5 Å². The monoisotopic (exact) mass is 553 g/mol. The Morgan fingerprint density at radius 2 is 1.66 bits per heavy atom. The van der Waals surface area contributed by atoms with E-state index >= 15 is 4.39 Å². The Kier molecular flexibility index (Phi) is 11.6. The highest BCUT2D eigenvalue weighted by atomic mass is 19.1. The zero-order valence-electron chi connectivity index (χ0n) is 21.3. The van der Waals surface area contributed by atoms with Crippen molar-refractivity contribution in [1.29, 1.82) is 0 Å².